The number of fused-ring (bicyclic) bond motifs is 1. The van der Waals surface area contributed by atoms with Crippen LogP contribution < -0.4 is 29.6 Å². The summed E-state index contributed by atoms with van der Waals surface area (Å²) in [6, 6.07) is 7.24. The van der Waals surface area contributed by atoms with Crippen molar-refractivity contribution < 1.29 is 47.6 Å². The molecule has 1 unspecified atom stereocenters. The molecule has 16 heavy (non-hydrogen) atoms. The zero-order valence-electron chi connectivity index (χ0n) is 9.01. The second-order valence-corrected chi connectivity index (χ2v) is 5.51. The SMILES string of the molecule is O=S(=O)([O-])C1(O)CCc2ccccc2C1.[Na+]. The molecule has 0 saturated heterocycles. The number of hydrogen-bond acceptors (Lipinski definition) is 4. The second-order valence-electron chi connectivity index (χ2n) is 3.85. The molecule has 1 aromatic carbocycles. The molecule has 0 aliphatic heterocycles. The van der Waals surface area contributed by atoms with Gasteiger partial charge in [0.25, 0.3) is 0 Å². The Kier molecular flexibility index (Phi) is 4.21. The summed E-state index contributed by atoms with van der Waals surface area (Å²) in [5.41, 5.74) is 1.75. The maximum Gasteiger partial charge on any atom is 1.00 e. The van der Waals surface area contributed by atoms with E-state index in [9.17, 15) is 18.1 Å². The topological polar surface area (TPSA) is 77.4 Å². The molecule has 0 saturated carbocycles. The zero-order valence-corrected chi connectivity index (χ0v) is 11.8. The zero-order chi connectivity index (χ0) is 11.1. The molecule has 0 radical (unpaired) electrons. The summed E-state index contributed by atoms with van der Waals surface area (Å²) in [7, 11) is -4.66. The Labute approximate surface area is 117 Å². The van der Waals surface area contributed by atoms with Crippen LogP contribution in [0.3, 0.4) is 0 Å². The molecule has 2 rings (SSSR count). The van der Waals surface area contributed by atoms with Gasteiger partial charge >= 0.3 is 29.6 Å². The summed E-state index contributed by atoms with van der Waals surface area (Å²) in [4.78, 5) is -2.12. The van der Waals surface area contributed by atoms with Crippen LogP contribution in [0.1, 0.15) is 17.5 Å². The van der Waals surface area contributed by atoms with Gasteiger partial charge in [-0.15, -0.1) is 0 Å². The molecule has 0 fully saturated rings. The van der Waals surface area contributed by atoms with E-state index in [1.807, 2.05) is 12.1 Å². The van der Waals surface area contributed by atoms with Crippen molar-refractivity contribution in [3.05, 3.63) is 35.4 Å². The van der Waals surface area contributed by atoms with E-state index in [0.717, 1.165) is 11.1 Å². The third-order valence-electron chi connectivity index (χ3n) is 2.84. The molecule has 6 heteroatoms. The molecule has 0 amide bonds. The first-order valence-corrected chi connectivity index (χ1v) is 6.08. The standard InChI is InChI=1S/C10H12O4S.Na/c11-10(15(12,13)14)6-5-8-3-1-2-4-9(8)7-10;/h1-4,11H,5-7H2,(H,12,13,14);/q;+1/p-1. The average molecular weight is 250 g/mol. The first-order chi connectivity index (χ1) is 6.92. The Morgan fingerprint density at radius 3 is 2.38 bits per heavy atom. The van der Waals surface area contributed by atoms with Crippen LogP contribution >= 0.6 is 0 Å². The van der Waals surface area contributed by atoms with Gasteiger partial charge in [-0.1, -0.05) is 24.3 Å². The molecule has 1 aliphatic rings. The van der Waals surface area contributed by atoms with Crippen LogP contribution in [0.25, 0.3) is 0 Å². The van der Waals surface area contributed by atoms with Crippen molar-refractivity contribution in [2.24, 2.45) is 0 Å². The van der Waals surface area contributed by atoms with Gasteiger partial charge < -0.3 is 9.66 Å². The number of aryl methyl sites for hydroxylation is 1. The quantitative estimate of drug-likeness (QED) is 0.438. The van der Waals surface area contributed by atoms with E-state index < -0.39 is 15.1 Å². The third kappa shape index (κ3) is 2.50. The van der Waals surface area contributed by atoms with Gasteiger partial charge in [0.2, 0.25) is 0 Å². The second kappa shape index (κ2) is 4.76. The van der Waals surface area contributed by atoms with Crippen LogP contribution in [-0.2, 0) is 23.0 Å². The van der Waals surface area contributed by atoms with Gasteiger partial charge in [0.05, 0.1) is 0 Å². The van der Waals surface area contributed by atoms with Crippen LogP contribution in [0, 0.1) is 0 Å². The Hall–Kier alpha value is 0.0900. The van der Waals surface area contributed by atoms with Crippen molar-refractivity contribution in [3.8, 4) is 0 Å². The summed E-state index contributed by atoms with van der Waals surface area (Å²) in [6.45, 7) is 0. The van der Waals surface area contributed by atoms with Gasteiger partial charge in [0.1, 0.15) is 10.1 Å². The predicted octanol–water partition coefficient (Wildman–Crippen LogP) is -2.59. The summed E-state index contributed by atoms with van der Waals surface area (Å²) in [6.07, 6.45) is 0.305. The number of aliphatic hydroxyl groups is 1. The van der Waals surface area contributed by atoms with Crippen LogP contribution in [0.15, 0.2) is 24.3 Å². The minimum absolute atomic E-state index is 0. The fourth-order valence-electron chi connectivity index (χ4n) is 1.90. The number of benzene rings is 1. The molecular formula is C10H11NaO4S. The van der Waals surface area contributed by atoms with Gasteiger partial charge in [-0.05, 0) is 24.0 Å². The Morgan fingerprint density at radius 1 is 1.25 bits per heavy atom. The van der Waals surface area contributed by atoms with Gasteiger partial charge in [0.15, 0.2) is 4.93 Å². The van der Waals surface area contributed by atoms with Gasteiger partial charge in [-0.2, -0.15) is 0 Å². The largest absolute Gasteiger partial charge is 1.00 e. The molecule has 0 aromatic heterocycles. The van der Waals surface area contributed by atoms with E-state index >= 15 is 0 Å². The van der Waals surface area contributed by atoms with Gasteiger partial charge in [-0.25, -0.2) is 8.42 Å². The third-order valence-corrected chi connectivity index (χ3v) is 4.11. The fourth-order valence-corrected chi connectivity index (χ4v) is 2.59. The van der Waals surface area contributed by atoms with Crippen molar-refractivity contribution in [2.75, 3.05) is 0 Å². The van der Waals surface area contributed by atoms with Crippen molar-refractivity contribution in [1.29, 1.82) is 0 Å². The molecule has 1 atom stereocenters. The normalized spacial score (nSPS) is 24.4. The Balaban J connectivity index is 0.00000128. The van der Waals surface area contributed by atoms with Crippen LogP contribution in [0.2, 0.25) is 0 Å². The molecule has 4 nitrogen and oxygen atoms in total. The van der Waals surface area contributed by atoms with Crippen molar-refractivity contribution in [2.45, 2.75) is 24.2 Å². The van der Waals surface area contributed by atoms with E-state index in [1.165, 1.54) is 0 Å². The monoisotopic (exact) mass is 250 g/mol. The maximum absolute atomic E-state index is 10.9. The molecule has 0 bridgehead atoms. The van der Waals surface area contributed by atoms with Gasteiger partial charge in [0, 0.05) is 6.42 Å². The molecule has 82 valence electrons. The van der Waals surface area contributed by atoms with E-state index in [2.05, 4.69) is 0 Å². The van der Waals surface area contributed by atoms with Crippen molar-refractivity contribution in [1.82, 2.24) is 0 Å². The Morgan fingerprint density at radius 2 is 1.81 bits per heavy atom. The minimum Gasteiger partial charge on any atom is -0.746 e. The molecule has 1 aliphatic carbocycles. The molecule has 0 spiro atoms. The van der Waals surface area contributed by atoms with Crippen LogP contribution in [0.5, 0.6) is 0 Å². The van der Waals surface area contributed by atoms with Crippen molar-refractivity contribution >= 4 is 10.1 Å². The maximum atomic E-state index is 10.9. The van der Waals surface area contributed by atoms with Crippen LogP contribution in [0.4, 0.5) is 0 Å². The molecule has 1 N–H and O–H groups in total. The molecule has 0 heterocycles. The minimum atomic E-state index is -4.66. The van der Waals surface area contributed by atoms with Gasteiger partial charge in [-0.3, -0.25) is 0 Å². The van der Waals surface area contributed by atoms with E-state index in [1.54, 1.807) is 12.1 Å². The van der Waals surface area contributed by atoms with E-state index in [-0.39, 0.29) is 42.4 Å². The predicted molar refractivity (Wildman–Crippen MR) is 53.1 cm³/mol. The summed E-state index contributed by atoms with van der Waals surface area (Å²) >= 11 is 0. The Bertz CT molecular complexity index is 485. The fraction of sp³-hybridized carbons (Fsp3) is 0.400. The molecular weight excluding hydrogens is 239 g/mol. The summed E-state index contributed by atoms with van der Waals surface area (Å²) in [5.74, 6) is 0. The molecule has 1 aromatic rings. The van der Waals surface area contributed by atoms with E-state index in [4.69, 9.17) is 0 Å². The van der Waals surface area contributed by atoms with E-state index in [0.29, 0.717) is 6.42 Å². The van der Waals surface area contributed by atoms with Crippen LogP contribution in [-0.4, -0.2) is 23.0 Å². The summed E-state index contributed by atoms with van der Waals surface area (Å²) in [5, 5.41) is 9.75. The average Bonchev–Trinajstić information content (AvgIpc) is 2.16. The first kappa shape index (κ1) is 14.2. The number of rotatable bonds is 1. The first-order valence-electron chi connectivity index (χ1n) is 4.67. The van der Waals surface area contributed by atoms with Crippen molar-refractivity contribution in [3.63, 3.8) is 0 Å². The number of hydrogen-bond donors (Lipinski definition) is 1. The smallest absolute Gasteiger partial charge is 0.746 e. The summed E-state index contributed by atoms with van der Waals surface area (Å²) < 4.78 is 32.7.